The van der Waals surface area contributed by atoms with E-state index in [1.165, 1.54) is 0 Å². The third kappa shape index (κ3) is 4.03. The largest absolute Gasteiger partial charge is 0.473 e. The number of hydrogen-bond donors (Lipinski definition) is 0. The summed E-state index contributed by atoms with van der Waals surface area (Å²) in [6, 6.07) is 8.96. The molecule has 0 N–H and O–H groups in total. The summed E-state index contributed by atoms with van der Waals surface area (Å²) in [5, 5.41) is 0. The molecule has 0 fully saturated rings. The van der Waals surface area contributed by atoms with Gasteiger partial charge < -0.3 is 4.74 Å². The van der Waals surface area contributed by atoms with Crippen LogP contribution in [0, 0.1) is 5.95 Å². The Bertz CT molecular complexity index is 659. The number of pyridine rings is 1. The van der Waals surface area contributed by atoms with Crippen LogP contribution in [0.5, 0.6) is 5.88 Å². The van der Waals surface area contributed by atoms with Gasteiger partial charge in [0.05, 0.1) is 0 Å². The van der Waals surface area contributed by atoms with E-state index in [0.717, 1.165) is 0 Å². The Hall–Kier alpha value is -1.90. The average Bonchev–Trinajstić information content (AvgIpc) is 2.34. The predicted octanol–water partition coefficient (Wildman–Crippen LogP) is 5.46. The van der Waals surface area contributed by atoms with Gasteiger partial charge in [-0.15, -0.1) is 0 Å². The minimum atomic E-state index is -10.1. The SMILES string of the molecule is Fc1nc(OCc2ccccc2)ccc1S(F)(F)(F)(F)F. The first-order valence-corrected chi connectivity index (χ1v) is 7.48. The summed E-state index contributed by atoms with van der Waals surface area (Å²) >= 11 is 0. The number of ether oxygens (including phenoxy) is 1. The lowest BCUT2D eigenvalue weighted by Gasteiger charge is -2.40. The van der Waals surface area contributed by atoms with E-state index in [1.54, 1.807) is 30.3 Å². The molecule has 0 radical (unpaired) electrons. The highest BCUT2D eigenvalue weighted by atomic mass is 32.5. The van der Waals surface area contributed by atoms with Crippen molar-refractivity contribution in [3.05, 3.63) is 54.0 Å². The second-order valence-electron chi connectivity index (χ2n) is 4.18. The summed E-state index contributed by atoms with van der Waals surface area (Å²) in [5.41, 5.74) is 0.663. The Morgan fingerprint density at radius 1 is 0.905 bits per heavy atom. The Labute approximate surface area is 116 Å². The summed E-state index contributed by atoms with van der Waals surface area (Å²) in [6.07, 6.45) is 0. The summed E-state index contributed by atoms with van der Waals surface area (Å²) in [5.74, 6) is -2.82. The molecule has 2 rings (SSSR count). The lowest BCUT2D eigenvalue weighted by atomic mass is 10.2. The Morgan fingerprint density at radius 3 is 2.05 bits per heavy atom. The number of aromatic nitrogens is 1. The van der Waals surface area contributed by atoms with E-state index in [1.807, 2.05) is 0 Å². The molecule has 0 bridgehead atoms. The fourth-order valence-corrected chi connectivity index (χ4v) is 2.19. The minimum Gasteiger partial charge on any atom is -0.473 e. The lowest BCUT2D eigenvalue weighted by Crippen LogP contribution is -2.10. The standard InChI is InChI=1S/C12H9F6NOS/c13-12-10(21(14,15,16,17)18)6-7-11(19-12)20-8-9-4-2-1-3-5-9/h1-7H,8H2. The molecule has 0 spiro atoms. The fourth-order valence-electron chi connectivity index (χ4n) is 1.50. The van der Waals surface area contributed by atoms with E-state index in [-0.39, 0.29) is 12.7 Å². The molecule has 21 heavy (non-hydrogen) atoms. The van der Waals surface area contributed by atoms with Gasteiger partial charge in [0.25, 0.3) is 0 Å². The zero-order valence-electron chi connectivity index (χ0n) is 10.3. The number of benzene rings is 1. The van der Waals surface area contributed by atoms with Gasteiger partial charge in [0.15, 0.2) is 4.90 Å². The molecule has 0 saturated carbocycles. The van der Waals surface area contributed by atoms with Gasteiger partial charge in [0.2, 0.25) is 11.8 Å². The Morgan fingerprint density at radius 2 is 1.52 bits per heavy atom. The Balaban J connectivity index is 2.21. The molecule has 1 aromatic carbocycles. The molecule has 0 saturated heterocycles. The van der Waals surface area contributed by atoms with E-state index < -0.39 is 26.9 Å². The van der Waals surface area contributed by atoms with Crippen LogP contribution < -0.4 is 4.74 Å². The van der Waals surface area contributed by atoms with Crippen molar-refractivity contribution in [2.75, 3.05) is 0 Å². The van der Waals surface area contributed by atoms with Crippen molar-refractivity contribution in [1.29, 1.82) is 0 Å². The molecule has 0 aliphatic heterocycles. The number of hydrogen-bond acceptors (Lipinski definition) is 2. The van der Waals surface area contributed by atoms with Crippen molar-refractivity contribution in [2.24, 2.45) is 0 Å². The molecule has 116 valence electrons. The molecule has 2 nitrogen and oxygen atoms in total. The van der Waals surface area contributed by atoms with Crippen LogP contribution in [0.4, 0.5) is 23.8 Å². The molecule has 0 atom stereocenters. The van der Waals surface area contributed by atoms with Crippen LogP contribution in [0.25, 0.3) is 0 Å². The van der Waals surface area contributed by atoms with Gasteiger partial charge in [-0.2, -0.15) is 9.37 Å². The molecule has 0 aliphatic carbocycles. The maximum Gasteiger partial charge on any atom is 0.314 e. The van der Waals surface area contributed by atoms with Crippen molar-refractivity contribution in [1.82, 2.24) is 4.98 Å². The highest BCUT2D eigenvalue weighted by Gasteiger charge is 2.67. The molecule has 0 aliphatic rings. The topological polar surface area (TPSA) is 22.1 Å². The molecule has 0 amide bonds. The second-order valence-corrected chi connectivity index (χ2v) is 6.56. The highest BCUT2D eigenvalue weighted by Crippen LogP contribution is 3.02. The van der Waals surface area contributed by atoms with Crippen molar-refractivity contribution in [3.63, 3.8) is 0 Å². The maximum absolute atomic E-state index is 13.2. The van der Waals surface area contributed by atoms with E-state index in [9.17, 15) is 23.8 Å². The number of nitrogens with zero attached hydrogens (tertiary/aromatic N) is 1. The second kappa shape index (κ2) is 4.30. The molecule has 2 aromatic rings. The van der Waals surface area contributed by atoms with E-state index in [4.69, 9.17) is 4.74 Å². The zero-order valence-corrected chi connectivity index (χ0v) is 11.1. The van der Waals surface area contributed by atoms with E-state index in [0.29, 0.717) is 11.6 Å². The highest BCUT2D eigenvalue weighted by molar-refractivity contribution is 8.45. The monoisotopic (exact) mass is 329 g/mol. The number of rotatable bonds is 4. The quantitative estimate of drug-likeness (QED) is 0.549. The van der Waals surface area contributed by atoms with E-state index in [2.05, 4.69) is 4.98 Å². The maximum atomic E-state index is 13.2. The predicted molar refractivity (Wildman–Crippen MR) is 66.4 cm³/mol. The third-order valence-corrected chi connectivity index (χ3v) is 3.57. The van der Waals surface area contributed by atoms with Crippen molar-refractivity contribution in [3.8, 4) is 5.88 Å². The van der Waals surface area contributed by atoms with Gasteiger partial charge in [0, 0.05) is 6.07 Å². The molecule has 1 heterocycles. The smallest absolute Gasteiger partial charge is 0.314 e. The summed E-state index contributed by atoms with van der Waals surface area (Å²) in [6.45, 7) is -0.0803. The van der Waals surface area contributed by atoms with E-state index >= 15 is 0 Å². The van der Waals surface area contributed by atoms with Gasteiger partial charge in [-0.1, -0.05) is 49.8 Å². The van der Waals surface area contributed by atoms with Crippen LogP contribution in [0.15, 0.2) is 47.4 Å². The van der Waals surface area contributed by atoms with Crippen molar-refractivity contribution < 1.29 is 28.6 Å². The molecular formula is C12H9F6NOS. The molecule has 9 heteroatoms. The fraction of sp³-hybridized carbons (Fsp3) is 0.0833. The van der Waals surface area contributed by atoms with Crippen LogP contribution in [0.1, 0.15) is 5.56 Å². The summed E-state index contributed by atoms with van der Waals surface area (Å²) < 4.78 is 80.5. The van der Waals surface area contributed by atoms with Gasteiger partial charge >= 0.3 is 10.2 Å². The summed E-state index contributed by atoms with van der Waals surface area (Å²) in [7, 11) is -10.1. The first kappa shape index (κ1) is 15.5. The molecule has 1 aromatic heterocycles. The normalized spacial score (nSPS) is 15.1. The van der Waals surface area contributed by atoms with Crippen molar-refractivity contribution in [2.45, 2.75) is 11.5 Å². The first-order chi connectivity index (χ1) is 9.45. The molecule has 0 unspecified atom stereocenters. The van der Waals surface area contributed by atoms with Crippen LogP contribution in [0.2, 0.25) is 0 Å². The van der Waals surface area contributed by atoms with Gasteiger partial charge in [0.1, 0.15) is 6.61 Å². The van der Waals surface area contributed by atoms with Gasteiger partial charge in [-0.25, -0.2) is 0 Å². The number of halogens is 6. The van der Waals surface area contributed by atoms with Crippen LogP contribution in [-0.4, -0.2) is 4.98 Å². The van der Waals surface area contributed by atoms with Crippen LogP contribution >= 0.6 is 10.2 Å². The van der Waals surface area contributed by atoms with Crippen LogP contribution in [-0.2, 0) is 6.61 Å². The molecular weight excluding hydrogens is 320 g/mol. The summed E-state index contributed by atoms with van der Waals surface area (Å²) in [4.78, 5) is 0.135. The van der Waals surface area contributed by atoms with Gasteiger partial charge in [-0.3, -0.25) is 0 Å². The lowest BCUT2D eigenvalue weighted by molar-refractivity contribution is 0.285. The zero-order chi connectivity index (χ0) is 15.8. The van der Waals surface area contributed by atoms with Crippen molar-refractivity contribution >= 4 is 10.2 Å². The Kier molecular flexibility index (Phi) is 3.17. The average molecular weight is 329 g/mol. The third-order valence-electron chi connectivity index (χ3n) is 2.43. The van der Waals surface area contributed by atoms with Gasteiger partial charge in [-0.05, 0) is 11.6 Å². The first-order valence-electron chi connectivity index (χ1n) is 5.53. The minimum absolute atomic E-state index is 0.0653. The van der Waals surface area contributed by atoms with Crippen LogP contribution in [0.3, 0.4) is 0 Å².